The first-order valence-corrected chi connectivity index (χ1v) is 8.27. The molecule has 0 radical (unpaired) electrons. The number of aromatic amines is 1. The second kappa shape index (κ2) is 8.13. The molecule has 0 aliphatic heterocycles. The molecule has 0 fully saturated rings. The van der Waals surface area contributed by atoms with Crippen LogP contribution < -0.4 is 21.4 Å². The molecule has 1 aromatic heterocycles. The van der Waals surface area contributed by atoms with Gasteiger partial charge in [0, 0.05) is 0 Å². The lowest BCUT2D eigenvalue weighted by Gasteiger charge is -2.12. The molecule has 0 saturated carbocycles. The number of rotatable bonds is 5. The maximum absolute atomic E-state index is 12.2. The van der Waals surface area contributed by atoms with E-state index in [4.69, 9.17) is 4.74 Å². The van der Waals surface area contributed by atoms with Gasteiger partial charge in [-0.25, -0.2) is 14.8 Å². The first kappa shape index (κ1) is 19.4. The van der Waals surface area contributed by atoms with Gasteiger partial charge >= 0.3 is 5.69 Å². The summed E-state index contributed by atoms with van der Waals surface area (Å²) in [6.45, 7) is 0. The van der Waals surface area contributed by atoms with Crippen LogP contribution in [0.3, 0.4) is 0 Å². The Labute approximate surface area is 163 Å². The normalized spacial score (nSPS) is 10.8. The van der Waals surface area contributed by atoms with Gasteiger partial charge in [-0.1, -0.05) is 24.3 Å². The second-order valence-electron chi connectivity index (χ2n) is 5.72. The van der Waals surface area contributed by atoms with Crippen LogP contribution in [0, 0.1) is 0 Å². The molecule has 0 aliphatic rings. The van der Waals surface area contributed by atoms with E-state index in [9.17, 15) is 24.6 Å². The van der Waals surface area contributed by atoms with Gasteiger partial charge < -0.3 is 14.9 Å². The molecule has 1 heterocycles. The van der Waals surface area contributed by atoms with Crippen LogP contribution in [-0.2, 0) is 0 Å². The number of nitrogens with one attached hydrogen (secondary N) is 2. The summed E-state index contributed by atoms with van der Waals surface area (Å²) in [6, 6.07) is 12.2. The molecule has 0 unspecified atom stereocenters. The zero-order chi connectivity index (χ0) is 21.0. The van der Waals surface area contributed by atoms with E-state index >= 15 is 0 Å². The number of aromatic nitrogens is 2. The summed E-state index contributed by atoms with van der Waals surface area (Å²) in [5.41, 5.74) is 0.150. The number of methoxy groups -OCH3 is 1. The van der Waals surface area contributed by atoms with Crippen molar-refractivity contribution in [2.75, 3.05) is 7.11 Å². The van der Waals surface area contributed by atoms with Gasteiger partial charge in [-0.15, -0.1) is 0 Å². The van der Waals surface area contributed by atoms with E-state index in [1.54, 1.807) is 30.3 Å². The lowest BCUT2D eigenvalue weighted by atomic mass is 10.2. The molecule has 0 atom stereocenters. The Kier molecular flexibility index (Phi) is 5.44. The zero-order valence-electron chi connectivity index (χ0n) is 15.1. The number of hydrogen-bond donors (Lipinski definition) is 4. The Balaban J connectivity index is 1.98. The highest BCUT2D eigenvalue weighted by Crippen LogP contribution is 2.24. The molecule has 1 amide bonds. The van der Waals surface area contributed by atoms with Gasteiger partial charge in [0.1, 0.15) is 17.1 Å². The molecule has 3 rings (SSSR count). The fourth-order valence-electron chi connectivity index (χ4n) is 2.57. The van der Waals surface area contributed by atoms with E-state index in [0.717, 1.165) is 10.8 Å². The first-order chi connectivity index (χ1) is 13.9. The molecule has 0 aliphatic carbocycles. The van der Waals surface area contributed by atoms with Gasteiger partial charge in [-0.2, -0.15) is 5.10 Å². The number of aromatic hydroxyl groups is 2. The fourth-order valence-corrected chi connectivity index (χ4v) is 2.57. The van der Waals surface area contributed by atoms with E-state index < -0.39 is 23.0 Å². The highest BCUT2D eigenvalue weighted by molar-refractivity contribution is 5.97. The summed E-state index contributed by atoms with van der Waals surface area (Å²) in [6.07, 6.45) is 0.886. The minimum absolute atomic E-state index is 0.0261. The number of nitrogens with zero attached hydrogens (tertiary/aromatic N) is 2. The number of para-hydroxylation sites is 3. The van der Waals surface area contributed by atoms with Gasteiger partial charge in [0.05, 0.1) is 24.6 Å². The Bertz CT molecular complexity index is 1210. The van der Waals surface area contributed by atoms with Crippen molar-refractivity contribution in [2.24, 2.45) is 5.10 Å². The summed E-state index contributed by atoms with van der Waals surface area (Å²) in [5, 5.41) is 23.8. The van der Waals surface area contributed by atoms with Crippen LogP contribution in [0.5, 0.6) is 17.4 Å². The van der Waals surface area contributed by atoms with E-state index in [0.29, 0.717) is 0 Å². The first-order valence-electron chi connectivity index (χ1n) is 8.27. The van der Waals surface area contributed by atoms with Crippen LogP contribution in [0.25, 0.3) is 5.69 Å². The molecule has 10 heteroatoms. The minimum atomic E-state index is -0.904. The molecule has 29 heavy (non-hydrogen) atoms. The third kappa shape index (κ3) is 3.86. The van der Waals surface area contributed by atoms with Crippen LogP contribution in [0.2, 0.25) is 0 Å². The number of phenols is 1. The van der Waals surface area contributed by atoms with Gasteiger partial charge in [0.25, 0.3) is 11.5 Å². The molecule has 0 spiro atoms. The van der Waals surface area contributed by atoms with Crippen molar-refractivity contribution < 1.29 is 19.7 Å². The van der Waals surface area contributed by atoms with Gasteiger partial charge in [-0.3, -0.25) is 14.6 Å². The van der Waals surface area contributed by atoms with Crippen molar-refractivity contribution >= 4 is 12.1 Å². The predicted molar refractivity (Wildman–Crippen MR) is 104 cm³/mol. The highest BCUT2D eigenvalue weighted by atomic mass is 16.5. The average Bonchev–Trinajstić information content (AvgIpc) is 2.70. The lowest BCUT2D eigenvalue weighted by Crippen LogP contribution is -2.31. The number of carbonyl (C=O) groups excluding carboxylic acids is 1. The number of benzene rings is 2. The number of carbonyl (C=O) groups is 1. The summed E-state index contributed by atoms with van der Waals surface area (Å²) in [4.78, 5) is 38.4. The fraction of sp³-hybridized carbons (Fsp3) is 0.0526. The quantitative estimate of drug-likeness (QED) is 0.369. The Hall–Kier alpha value is -4.34. The van der Waals surface area contributed by atoms with E-state index in [2.05, 4.69) is 15.5 Å². The number of amides is 1. The van der Waals surface area contributed by atoms with E-state index in [-0.39, 0.29) is 28.3 Å². The topological polar surface area (TPSA) is 146 Å². The van der Waals surface area contributed by atoms with Gasteiger partial charge in [0.15, 0.2) is 0 Å². The minimum Gasteiger partial charge on any atom is -0.507 e. The SMILES string of the molecule is COc1ccccc1-n1c(O)c(/C=N/NC(=O)c2ccccc2O)c(=O)[nH]c1=O. The number of phenolic OH excluding ortho intramolecular Hbond substituents is 1. The molecule has 4 N–H and O–H groups in total. The van der Waals surface area contributed by atoms with Crippen LogP contribution in [0.1, 0.15) is 15.9 Å². The van der Waals surface area contributed by atoms with Crippen LogP contribution >= 0.6 is 0 Å². The molecule has 10 nitrogen and oxygen atoms in total. The Morgan fingerprint density at radius 3 is 2.55 bits per heavy atom. The van der Waals surface area contributed by atoms with Crippen molar-refractivity contribution in [3.05, 3.63) is 80.5 Å². The molecular formula is C19H16N4O6. The summed E-state index contributed by atoms with van der Waals surface area (Å²) >= 11 is 0. The number of hydrogen-bond acceptors (Lipinski definition) is 7. The van der Waals surface area contributed by atoms with E-state index in [1.807, 2.05) is 0 Å². The third-order valence-electron chi connectivity index (χ3n) is 3.96. The molecule has 2 aromatic carbocycles. The largest absolute Gasteiger partial charge is 0.507 e. The summed E-state index contributed by atoms with van der Waals surface area (Å²) < 4.78 is 6.02. The lowest BCUT2D eigenvalue weighted by molar-refractivity contribution is 0.0952. The zero-order valence-corrected chi connectivity index (χ0v) is 15.1. The molecular weight excluding hydrogens is 380 g/mol. The van der Waals surface area contributed by atoms with E-state index in [1.165, 1.54) is 25.3 Å². The van der Waals surface area contributed by atoms with Crippen molar-refractivity contribution in [3.63, 3.8) is 0 Å². The van der Waals surface area contributed by atoms with Crippen LogP contribution in [0.4, 0.5) is 0 Å². The molecule has 0 saturated heterocycles. The van der Waals surface area contributed by atoms with Crippen molar-refractivity contribution in [2.45, 2.75) is 0 Å². The average molecular weight is 396 g/mol. The third-order valence-corrected chi connectivity index (χ3v) is 3.96. The molecule has 3 aromatic rings. The van der Waals surface area contributed by atoms with Crippen LogP contribution in [-0.4, -0.2) is 39.0 Å². The number of ether oxygens (including phenoxy) is 1. The summed E-state index contributed by atoms with van der Waals surface area (Å²) in [7, 11) is 1.39. The standard InChI is InChI=1S/C19H16N4O6/c1-29-15-9-5-3-7-13(15)23-18(27)12(16(25)21-19(23)28)10-20-22-17(26)11-6-2-4-8-14(11)24/h2-10,24,27H,1H3,(H,22,26)(H,21,25,28)/b20-10+. The monoisotopic (exact) mass is 396 g/mol. The van der Waals surface area contributed by atoms with Crippen molar-refractivity contribution in [1.82, 2.24) is 15.0 Å². The maximum Gasteiger partial charge on any atom is 0.335 e. The molecule has 0 bridgehead atoms. The molecule has 148 valence electrons. The second-order valence-corrected chi connectivity index (χ2v) is 5.72. The van der Waals surface area contributed by atoms with Gasteiger partial charge in [0.2, 0.25) is 5.88 Å². The summed E-state index contributed by atoms with van der Waals surface area (Å²) in [5.74, 6) is -1.38. The van der Waals surface area contributed by atoms with Crippen molar-refractivity contribution in [1.29, 1.82) is 0 Å². The Morgan fingerprint density at radius 2 is 1.83 bits per heavy atom. The van der Waals surface area contributed by atoms with Crippen molar-refractivity contribution in [3.8, 4) is 23.1 Å². The predicted octanol–water partition coefficient (Wildman–Crippen LogP) is 0.709. The number of hydrazone groups is 1. The van der Waals surface area contributed by atoms with Gasteiger partial charge in [-0.05, 0) is 24.3 Å². The number of H-pyrrole nitrogens is 1. The maximum atomic E-state index is 12.2. The van der Waals surface area contributed by atoms with Crippen LogP contribution in [0.15, 0.2) is 63.2 Å². The Morgan fingerprint density at radius 1 is 1.14 bits per heavy atom. The smallest absolute Gasteiger partial charge is 0.335 e. The highest BCUT2D eigenvalue weighted by Gasteiger charge is 2.17.